The van der Waals surface area contributed by atoms with Gasteiger partial charge in [0.2, 0.25) is 17.7 Å². The van der Waals surface area contributed by atoms with E-state index in [0.29, 0.717) is 17.3 Å². The van der Waals surface area contributed by atoms with E-state index in [-0.39, 0.29) is 28.8 Å². The summed E-state index contributed by atoms with van der Waals surface area (Å²) in [5.74, 6) is -2.26. The second-order valence-electron chi connectivity index (χ2n) is 8.73. The maximum Gasteiger partial charge on any atom is 0.250 e. The van der Waals surface area contributed by atoms with Crippen molar-refractivity contribution in [2.75, 3.05) is 16.8 Å². The molecular weight excluding hydrogens is 437 g/mol. The fourth-order valence-corrected chi connectivity index (χ4v) is 6.77. The van der Waals surface area contributed by atoms with Gasteiger partial charge in [-0.3, -0.25) is 19.3 Å². The highest BCUT2D eigenvalue weighted by Crippen LogP contribution is 2.61. The quantitative estimate of drug-likeness (QED) is 0.665. The van der Waals surface area contributed by atoms with Crippen LogP contribution < -0.4 is 10.2 Å². The Hall–Kier alpha value is -2.41. The SMILES string of the molecule is Cc1cccc2c1NC(=O)[C@@]21[C@@H]2C(=O)N(c3ccc(Cl)cc3Cl)C(=O)[C@H]2[C@H]2CCCN21. The van der Waals surface area contributed by atoms with Crippen molar-refractivity contribution in [1.82, 2.24) is 4.90 Å². The maximum absolute atomic E-state index is 13.9. The molecule has 4 atom stereocenters. The zero-order chi connectivity index (χ0) is 21.7. The molecule has 4 aliphatic rings. The van der Waals surface area contributed by atoms with Crippen LogP contribution in [0, 0.1) is 18.8 Å². The van der Waals surface area contributed by atoms with Crippen LogP contribution in [0.4, 0.5) is 11.4 Å². The number of hydrogen-bond acceptors (Lipinski definition) is 4. The monoisotopic (exact) mass is 455 g/mol. The molecule has 2 aromatic rings. The molecule has 158 valence electrons. The summed E-state index contributed by atoms with van der Waals surface area (Å²) in [6.07, 6.45) is 1.66. The molecule has 2 aromatic carbocycles. The molecule has 8 heteroatoms. The number of anilines is 2. The number of nitrogens with one attached hydrogen (secondary N) is 1. The lowest BCUT2D eigenvalue weighted by Crippen LogP contribution is -2.54. The summed E-state index contributed by atoms with van der Waals surface area (Å²) in [5, 5.41) is 3.68. The minimum atomic E-state index is -1.17. The number of rotatable bonds is 1. The number of hydrogen-bond donors (Lipinski definition) is 1. The minimum Gasteiger partial charge on any atom is -0.324 e. The summed E-state index contributed by atoms with van der Waals surface area (Å²) in [6, 6.07) is 10.3. The van der Waals surface area contributed by atoms with E-state index in [2.05, 4.69) is 10.2 Å². The van der Waals surface area contributed by atoms with Gasteiger partial charge in [-0.2, -0.15) is 0 Å². The van der Waals surface area contributed by atoms with E-state index in [9.17, 15) is 14.4 Å². The largest absolute Gasteiger partial charge is 0.324 e. The fraction of sp³-hybridized carbons (Fsp3) is 0.348. The Morgan fingerprint density at radius 3 is 2.68 bits per heavy atom. The summed E-state index contributed by atoms with van der Waals surface area (Å²) >= 11 is 12.4. The van der Waals surface area contributed by atoms with Gasteiger partial charge in [0.25, 0.3) is 0 Å². The molecule has 0 saturated carbocycles. The number of para-hydroxylation sites is 1. The molecule has 0 radical (unpaired) electrons. The Labute approximate surface area is 189 Å². The number of benzene rings is 2. The number of fused-ring (bicyclic) bond motifs is 7. The molecule has 4 heterocycles. The molecule has 0 aromatic heterocycles. The smallest absolute Gasteiger partial charge is 0.250 e. The summed E-state index contributed by atoms with van der Waals surface area (Å²) in [6.45, 7) is 2.62. The van der Waals surface area contributed by atoms with Crippen molar-refractivity contribution in [3.63, 3.8) is 0 Å². The molecular formula is C23H19Cl2N3O3. The van der Waals surface area contributed by atoms with Gasteiger partial charge in [-0.25, -0.2) is 4.90 Å². The van der Waals surface area contributed by atoms with E-state index in [1.165, 1.54) is 11.0 Å². The first-order chi connectivity index (χ1) is 14.9. The van der Waals surface area contributed by atoms with Crippen LogP contribution in [0.5, 0.6) is 0 Å². The second kappa shape index (κ2) is 6.31. The molecule has 4 aliphatic heterocycles. The van der Waals surface area contributed by atoms with Crippen LogP contribution in [-0.2, 0) is 19.9 Å². The fourth-order valence-electron chi connectivity index (χ4n) is 6.28. The van der Waals surface area contributed by atoms with Gasteiger partial charge in [-0.15, -0.1) is 0 Å². The molecule has 3 amide bonds. The summed E-state index contributed by atoms with van der Waals surface area (Å²) in [7, 11) is 0. The van der Waals surface area contributed by atoms with E-state index >= 15 is 0 Å². The second-order valence-corrected chi connectivity index (χ2v) is 9.58. The first-order valence-corrected chi connectivity index (χ1v) is 11.1. The van der Waals surface area contributed by atoms with Crippen LogP contribution >= 0.6 is 23.2 Å². The van der Waals surface area contributed by atoms with Gasteiger partial charge in [-0.1, -0.05) is 41.4 Å². The number of carbonyl (C=O) groups is 3. The molecule has 0 unspecified atom stereocenters. The summed E-state index contributed by atoms with van der Waals surface area (Å²) in [4.78, 5) is 44.4. The van der Waals surface area contributed by atoms with Gasteiger partial charge in [0.15, 0.2) is 0 Å². The zero-order valence-corrected chi connectivity index (χ0v) is 18.2. The number of halogens is 2. The molecule has 0 bridgehead atoms. The lowest BCUT2D eigenvalue weighted by atomic mass is 9.75. The lowest BCUT2D eigenvalue weighted by molar-refractivity contribution is -0.135. The average molecular weight is 456 g/mol. The molecule has 1 spiro atoms. The van der Waals surface area contributed by atoms with Gasteiger partial charge >= 0.3 is 0 Å². The highest BCUT2D eigenvalue weighted by Gasteiger charge is 2.74. The Morgan fingerprint density at radius 2 is 1.90 bits per heavy atom. The van der Waals surface area contributed by atoms with Crippen LogP contribution in [0.25, 0.3) is 0 Å². The summed E-state index contributed by atoms with van der Waals surface area (Å²) < 4.78 is 0. The molecule has 31 heavy (non-hydrogen) atoms. The molecule has 6 nitrogen and oxygen atoms in total. The first-order valence-electron chi connectivity index (χ1n) is 10.4. The lowest BCUT2D eigenvalue weighted by Gasteiger charge is -2.36. The zero-order valence-electron chi connectivity index (χ0n) is 16.7. The molecule has 6 rings (SSSR count). The highest BCUT2D eigenvalue weighted by atomic mass is 35.5. The van der Waals surface area contributed by atoms with Crippen LogP contribution in [0.2, 0.25) is 10.0 Å². The predicted molar refractivity (Wildman–Crippen MR) is 117 cm³/mol. The van der Waals surface area contributed by atoms with Gasteiger partial charge in [-0.05, 0) is 50.1 Å². The topological polar surface area (TPSA) is 69.7 Å². The summed E-state index contributed by atoms with van der Waals surface area (Å²) in [5.41, 5.74) is 1.63. The molecule has 1 N–H and O–H groups in total. The van der Waals surface area contributed by atoms with Crippen molar-refractivity contribution in [2.45, 2.75) is 31.3 Å². The van der Waals surface area contributed by atoms with Crippen molar-refractivity contribution in [2.24, 2.45) is 11.8 Å². The normalized spacial score (nSPS) is 31.4. The first kappa shape index (κ1) is 19.3. The van der Waals surface area contributed by atoms with Crippen molar-refractivity contribution >= 4 is 52.3 Å². The minimum absolute atomic E-state index is 0.158. The third-order valence-electron chi connectivity index (χ3n) is 7.39. The van der Waals surface area contributed by atoms with Crippen molar-refractivity contribution in [3.8, 4) is 0 Å². The van der Waals surface area contributed by atoms with E-state index in [1.807, 2.05) is 25.1 Å². The standard InChI is InChI=1S/C23H19Cl2N3O3/c1-11-4-2-5-13-19(11)26-22(31)23(13)18-17(16-6-3-9-27(16)23)20(29)28(21(18)30)15-8-7-12(24)10-14(15)25/h2,4-5,7-8,10,16-18H,3,6,9H2,1H3,(H,26,31)/t16-,17+,18+,23+/m1/s1. The third kappa shape index (κ3) is 2.20. The third-order valence-corrected chi connectivity index (χ3v) is 7.92. The van der Waals surface area contributed by atoms with E-state index in [0.717, 1.165) is 29.7 Å². The van der Waals surface area contributed by atoms with E-state index < -0.39 is 17.4 Å². The van der Waals surface area contributed by atoms with E-state index in [1.54, 1.807) is 12.1 Å². The number of imide groups is 1. The average Bonchev–Trinajstić information content (AvgIpc) is 3.42. The Bertz CT molecular complexity index is 1200. The number of aryl methyl sites for hydroxylation is 1. The van der Waals surface area contributed by atoms with Gasteiger partial charge in [0.05, 0.1) is 22.5 Å². The van der Waals surface area contributed by atoms with E-state index in [4.69, 9.17) is 23.2 Å². The number of carbonyl (C=O) groups excluding carboxylic acids is 3. The number of nitrogens with zero attached hydrogens (tertiary/aromatic N) is 2. The van der Waals surface area contributed by atoms with Gasteiger partial charge < -0.3 is 5.32 Å². The molecule has 3 fully saturated rings. The number of amides is 3. The predicted octanol–water partition coefficient (Wildman–Crippen LogP) is 3.73. The Kier molecular flexibility index (Phi) is 3.93. The Morgan fingerprint density at radius 1 is 1.10 bits per heavy atom. The molecule has 3 saturated heterocycles. The van der Waals surface area contributed by atoms with Gasteiger partial charge in [0.1, 0.15) is 5.54 Å². The maximum atomic E-state index is 13.9. The van der Waals surface area contributed by atoms with Crippen molar-refractivity contribution in [1.29, 1.82) is 0 Å². The Balaban J connectivity index is 1.57. The van der Waals surface area contributed by atoms with Gasteiger partial charge in [0, 0.05) is 22.3 Å². The van der Waals surface area contributed by atoms with Crippen molar-refractivity contribution in [3.05, 3.63) is 57.6 Å². The van der Waals surface area contributed by atoms with Crippen molar-refractivity contribution < 1.29 is 14.4 Å². The van der Waals surface area contributed by atoms with Crippen LogP contribution in [0.15, 0.2) is 36.4 Å². The highest BCUT2D eigenvalue weighted by molar-refractivity contribution is 6.38. The molecule has 0 aliphatic carbocycles. The van der Waals surface area contributed by atoms with Crippen LogP contribution in [0.1, 0.15) is 24.0 Å². The van der Waals surface area contributed by atoms with Crippen LogP contribution in [-0.4, -0.2) is 35.2 Å². The van der Waals surface area contributed by atoms with Crippen LogP contribution in [0.3, 0.4) is 0 Å².